The van der Waals surface area contributed by atoms with Crippen LogP contribution >= 0.6 is 0 Å². The Hall–Kier alpha value is -2.34. The van der Waals surface area contributed by atoms with Crippen molar-refractivity contribution >= 4 is 17.6 Å². The first-order valence-electron chi connectivity index (χ1n) is 7.09. The number of fused-ring (bicyclic) bond motifs is 1. The van der Waals surface area contributed by atoms with E-state index in [1.807, 2.05) is 6.08 Å². The third-order valence-corrected chi connectivity index (χ3v) is 4.74. The van der Waals surface area contributed by atoms with Crippen LogP contribution in [-0.2, 0) is 14.3 Å². The van der Waals surface area contributed by atoms with E-state index in [4.69, 9.17) is 9.47 Å². The number of aliphatic carboxylic acids is 1. The van der Waals surface area contributed by atoms with E-state index in [0.717, 1.165) is 0 Å². The molecule has 0 saturated carbocycles. The highest BCUT2D eigenvalue weighted by molar-refractivity contribution is 6.02. The van der Waals surface area contributed by atoms with E-state index >= 15 is 0 Å². The number of carboxylic acid groups (broad SMARTS) is 1. The maximum atomic E-state index is 12.8. The quantitative estimate of drug-likeness (QED) is 0.718. The van der Waals surface area contributed by atoms with E-state index in [1.165, 1.54) is 0 Å². The average Bonchev–Trinajstić information content (AvgIpc) is 3.15. The highest BCUT2D eigenvalue weighted by Crippen LogP contribution is 2.52. The lowest BCUT2D eigenvalue weighted by molar-refractivity contribution is -0.313. The van der Waals surface area contributed by atoms with Gasteiger partial charge in [0.05, 0.1) is 25.7 Å². The molecule has 1 aromatic carbocycles. The van der Waals surface area contributed by atoms with Crippen molar-refractivity contribution in [3.63, 3.8) is 0 Å². The summed E-state index contributed by atoms with van der Waals surface area (Å²) in [6.45, 7) is 0.306. The minimum absolute atomic E-state index is 0.241. The van der Waals surface area contributed by atoms with Gasteiger partial charge >= 0.3 is 0 Å². The summed E-state index contributed by atoms with van der Waals surface area (Å²) in [5.74, 6) is -2.49. The number of ether oxygens (including phenoxy) is 2. The number of hydrogen-bond acceptors (Lipinski definition) is 5. The highest BCUT2D eigenvalue weighted by Gasteiger charge is 2.65. The predicted molar refractivity (Wildman–Crippen MR) is 74.1 cm³/mol. The van der Waals surface area contributed by atoms with Gasteiger partial charge in [-0.2, -0.15) is 0 Å². The van der Waals surface area contributed by atoms with Gasteiger partial charge in [0.1, 0.15) is 11.4 Å². The van der Waals surface area contributed by atoms with Gasteiger partial charge < -0.3 is 24.3 Å². The molecule has 4 atom stereocenters. The molecule has 6 nitrogen and oxygen atoms in total. The fraction of sp³-hybridized carbons (Fsp3) is 0.375. The Kier molecular flexibility index (Phi) is 2.62. The largest absolute Gasteiger partial charge is 0.550 e. The second-order valence-electron chi connectivity index (χ2n) is 5.84. The molecule has 0 unspecified atom stereocenters. The maximum Gasteiger partial charge on any atom is 0.234 e. The highest BCUT2D eigenvalue weighted by atomic mass is 16.5. The lowest BCUT2D eigenvalue weighted by Gasteiger charge is -2.24. The minimum atomic E-state index is -1.23. The van der Waals surface area contributed by atoms with Gasteiger partial charge in [-0.25, -0.2) is 0 Å². The molecule has 1 amide bonds. The topological polar surface area (TPSA) is 78.9 Å². The molecule has 3 aliphatic heterocycles. The van der Waals surface area contributed by atoms with Crippen molar-refractivity contribution in [1.82, 2.24) is 0 Å². The Morgan fingerprint density at radius 1 is 1.50 bits per heavy atom. The van der Waals surface area contributed by atoms with Crippen LogP contribution in [0.15, 0.2) is 36.4 Å². The van der Waals surface area contributed by atoms with E-state index in [2.05, 4.69) is 0 Å². The number of carbonyl (C=O) groups is 2. The monoisotopic (exact) mass is 300 g/mol. The van der Waals surface area contributed by atoms with Crippen LogP contribution < -0.4 is 14.7 Å². The van der Waals surface area contributed by atoms with Crippen molar-refractivity contribution in [1.29, 1.82) is 0 Å². The summed E-state index contributed by atoms with van der Waals surface area (Å²) in [7, 11) is 1.55. The van der Waals surface area contributed by atoms with E-state index < -0.39 is 29.5 Å². The van der Waals surface area contributed by atoms with Gasteiger partial charge in [0, 0.05) is 23.6 Å². The van der Waals surface area contributed by atoms with Gasteiger partial charge in [-0.1, -0.05) is 18.2 Å². The molecule has 2 bridgehead atoms. The summed E-state index contributed by atoms with van der Waals surface area (Å²) in [6, 6.07) is 7.12. The second-order valence-corrected chi connectivity index (χ2v) is 5.84. The number of amides is 1. The van der Waals surface area contributed by atoms with E-state index in [0.29, 0.717) is 18.0 Å². The number of anilines is 1. The van der Waals surface area contributed by atoms with Gasteiger partial charge in [-0.3, -0.25) is 4.79 Å². The molecule has 2 saturated heterocycles. The van der Waals surface area contributed by atoms with Crippen molar-refractivity contribution in [2.75, 3.05) is 18.6 Å². The molecule has 6 heteroatoms. The van der Waals surface area contributed by atoms with E-state index in [9.17, 15) is 14.7 Å². The third kappa shape index (κ3) is 1.58. The van der Waals surface area contributed by atoms with Crippen LogP contribution in [-0.4, -0.2) is 37.2 Å². The van der Waals surface area contributed by atoms with Crippen molar-refractivity contribution in [3.05, 3.63) is 36.4 Å². The molecule has 114 valence electrons. The minimum Gasteiger partial charge on any atom is -0.550 e. The summed E-state index contributed by atoms with van der Waals surface area (Å²) >= 11 is 0. The average molecular weight is 300 g/mol. The van der Waals surface area contributed by atoms with Crippen LogP contribution in [0.2, 0.25) is 0 Å². The number of hydrogen-bond donors (Lipinski definition) is 0. The van der Waals surface area contributed by atoms with E-state index in [-0.39, 0.29) is 5.91 Å². The SMILES string of the molecule is COc1cccc(N2C[C@@]34C=C[C@@H](O3)[C@H](C(=O)[O-])[C@H]4C2=O)c1. The lowest BCUT2D eigenvalue weighted by atomic mass is 9.77. The zero-order valence-electron chi connectivity index (χ0n) is 11.9. The molecule has 2 fully saturated rings. The first-order chi connectivity index (χ1) is 10.6. The van der Waals surface area contributed by atoms with Gasteiger partial charge in [0.15, 0.2) is 0 Å². The zero-order chi connectivity index (χ0) is 15.5. The van der Waals surface area contributed by atoms with Crippen LogP contribution in [0.4, 0.5) is 5.69 Å². The van der Waals surface area contributed by atoms with Gasteiger partial charge in [0.2, 0.25) is 5.91 Å². The number of nitrogens with zero attached hydrogens (tertiary/aromatic N) is 1. The molecule has 0 aliphatic carbocycles. The fourth-order valence-electron chi connectivity index (χ4n) is 3.76. The molecule has 22 heavy (non-hydrogen) atoms. The molecule has 0 aromatic heterocycles. The summed E-state index contributed by atoms with van der Waals surface area (Å²) in [4.78, 5) is 25.7. The van der Waals surface area contributed by atoms with Crippen molar-refractivity contribution < 1.29 is 24.2 Å². The number of rotatable bonds is 3. The van der Waals surface area contributed by atoms with Gasteiger partial charge in [0.25, 0.3) is 0 Å². The Morgan fingerprint density at radius 2 is 2.32 bits per heavy atom. The number of carboxylic acids is 1. The molecular formula is C16H14NO5-. The molecule has 3 aliphatic rings. The zero-order valence-corrected chi connectivity index (χ0v) is 11.9. The number of carbonyl (C=O) groups excluding carboxylic acids is 2. The van der Waals surface area contributed by atoms with Crippen molar-refractivity contribution in [2.45, 2.75) is 11.7 Å². The molecule has 4 rings (SSSR count). The Bertz CT molecular complexity index is 700. The Morgan fingerprint density at radius 3 is 3.05 bits per heavy atom. The summed E-state index contributed by atoms with van der Waals surface area (Å²) < 4.78 is 11.0. The Balaban J connectivity index is 1.73. The normalized spacial score (nSPS) is 35.0. The molecule has 0 N–H and O–H groups in total. The molecular weight excluding hydrogens is 286 g/mol. The maximum absolute atomic E-state index is 12.8. The Labute approximate surface area is 126 Å². The smallest absolute Gasteiger partial charge is 0.234 e. The summed E-state index contributed by atoms with van der Waals surface area (Å²) in [5, 5.41) is 11.4. The second kappa shape index (κ2) is 4.33. The van der Waals surface area contributed by atoms with Crippen molar-refractivity contribution in [2.24, 2.45) is 11.8 Å². The number of methoxy groups -OCH3 is 1. The molecule has 3 heterocycles. The first-order valence-corrected chi connectivity index (χ1v) is 7.09. The summed E-state index contributed by atoms with van der Waals surface area (Å²) in [5.41, 5.74) is -0.180. The van der Waals surface area contributed by atoms with Crippen LogP contribution in [0.3, 0.4) is 0 Å². The van der Waals surface area contributed by atoms with Crippen molar-refractivity contribution in [3.8, 4) is 5.75 Å². The molecule has 1 aromatic rings. The molecule has 0 radical (unpaired) electrons. The lowest BCUT2D eigenvalue weighted by Crippen LogP contribution is -2.45. The van der Waals surface area contributed by atoms with Gasteiger partial charge in [-0.15, -0.1) is 0 Å². The van der Waals surface area contributed by atoms with Crippen LogP contribution in [0.25, 0.3) is 0 Å². The third-order valence-electron chi connectivity index (χ3n) is 4.74. The fourth-order valence-corrected chi connectivity index (χ4v) is 3.76. The standard InChI is InChI=1S/C16H15NO5/c1-21-10-4-2-3-9(7-10)17-8-16-6-5-11(22-16)12(15(19)20)13(16)14(17)18/h2-7,11-13H,8H2,1H3,(H,19,20)/p-1/t11-,12+,13+,16-/m1/s1. The van der Waals surface area contributed by atoms with Gasteiger partial charge in [-0.05, 0) is 12.1 Å². The predicted octanol–water partition coefficient (Wildman–Crippen LogP) is -0.269. The number of benzene rings is 1. The van der Waals surface area contributed by atoms with Crippen LogP contribution in [0.5, 0.6) is 5.75 Å². The van der Waals surface area contributed by atoms with E-state index in [1.54, 1.807) is 42.4 Å². The summed E-state index contributed by atoms with van der Waals surface area (Å²) in [6.07, 6.45) is 2.98. The van der Waals surface area contributed by atoms with Crippen LogP contribution in [0.1, 0.15) is 0 Å². The van der Waals surface area contributed by atoms with Crippen LogP contribution in [0, 0.1) is 11.8 Å². The molecule has 1 spiro atoms. The first kappa shape index (κ1) is 13.3.